The van der Waals surface area contributed by atoms with Gasteiger partial charge >= 0.3 is 0 Å². The van der Waals surface area contributed by atoms with Crippen molar-refractivity contribution in [2.24, 2.45) is 0 Å². The number of ether oxygens (including phenoxy) is 2. The van der Waals surface area contributed by atoms with Crippen LogP contribution in [0.15, 0.2) is 23.1 Å². The molecule has 0 radical (unpaired) electrons. The molecule has 0 bridgehead atoms. The van der Waals surface area contributed by atoms with Gasteiger partial charge in [-0.05, 0) is 12.1 Å². The minimum atomic E-state index is -3.76. The smallest absolute Gasteiger partial charge is 0.293 e. The molecule has 1 aromatic rings. The second-order valence-electron chi connectivity index (χ2n) is 4.87. The Morgan fingerprint density at radius 3 is 2.70 bits per heavy atom. The molecule has 1 saturated heterocycles. The highest BCUT2D eigenvalue weighted by Crippen LogP contribution is 2.29. The van der Waals surface area contributed by atoms with Gasteiger partial charge in [0, 0.05) is 32.8 Å². The lowest BCUT2D eigenvalue weighted by atomic mass is 10.2. The van der Waals surface area contributed by atoms with E-state index in [9.17, 15) is 18.5 Å². The highest BCUT2D eigenvalue weighted by Gasteiger charge is 2.28. The van der Waals surface area contributed by atoms with Crippen LogP contribution in [-0.2, 0) is 19.5 Å². The maximum absolute atomic E-state index is 12.5. The van der Waals surface area contributed by atoms with Crippen molar-refractivity contribution in [3.8, 4) is 0 Å². The highest BCUT2D eigenvalue weighted by molar-refractivity contribution is 7.89. The third kappa shape index (κ3) is 4.16. The Bertz CT molecular complexity index is 658. The Labute approximate surface area is 134 Å². The normalized spacial score (nSPS) is 16.2. The van der Waals surface area contributed by atoms with Gasteiger partial charge in [0.25, 0.3) is 5.69 Å². The van der Waals surface area contributed by atoms with E-state index < -0.39 is 14.9 Å². The fraction of sp³-hybridized carbons (Fsp3) is 0.538. The average Bonchev–Trinajstić information content (AvgIpc) is 2.56. The predicted octanol–water partition coefficient (Wildman–Crippen LogP) is 0.674. The summed E-state index contributed by atoms with van der Waals surface area (Å²) < 4.78 is 36.4. The number of sulfonamides is 1. The number of nitrogens with zero attached hydrogens (tertiary/aromatic N) is 2. The van der Waals surface area contributed by atoms with Crippen molar-refractivity contribution in [1.29, 1.82) is 0 Å². The molecule has 1 heterocycles. The first-order valence-electron chi connectivity index (χ1n) is 7.06. The van der Waals surface area contributed by atoms with Gasteiger partial charge < -0.3 is 14.8 Å². The van der Waals surface area contributed by atoms with Gasteiger partial charge in [-0.3, -0.25) is 10.1 Å². The molecular weight excluding hydrogens is 326 g/mol. The summed E-state index contributed by atoms with van der Waals surface area (Å²) in [6.45, 7) is 1.88. The maximum atomic E-state index is 12.5. The number of rotatable bonds is 7. The molecule has 1 aliphatic rings. The summed E-state index contributed by atoms with van der Waals surface area (Å²) in [5.41, 5.74) is -0.0246. The van der Waals surface area contributed by atoms with Crippen molar-refractivity contribution in [2.75, 3.05) is 51.9 Å². The summed E-state index contributed by atoms with van der Waals surface area (Å²) in [6, 6.07) is 3.86. The molecule has 0 aliphatic carbocycles. The van der Waals surface area contributed by atoms with Gasteiger partial charge in [-0.2, -0.15) is 4.31 Å². The van der Waals surface area contributed by atoms with Gasteiger partial charge in [-0.25, -0.2) is 8.42 Å². The Morgan fingerprint density at radius 2 is 2.09 bits per heavy atom. The summed E-state index contributed by atoms with van der Waals surface area (Å²) in [5.74, 6) is 0. The standard InChI is InChI=1S/C13H19N3O6S/c1-21-7-4-14-12-3-2-11(10-13(12)16(17)18)23(19,20)15-5-8-22-9-6-15/h2-3,10,14H,4-9H2,1H3. The number of benzene rings is 1. The van der Waals surface area contributed by atoms with Gasteiger partial charge in [0.05, 0.1) is 29.6 Å². The van der Waals surface area contributed by atoms with Crippen LogP contribution < -0.4 is 5.32 Å². The zero-order chi connectivity index (χ0) is 16.9. The lowest BCUT2D eigenvalue weighted by Gasteiger charge is -2.26. The molecule has 10 heteroatoms. The first kappa shape index (κ1) is 17.6. The molecule has 23 heavy (non-hydrogen) atoms. The molecule has 1 fully saturated rings. The van der Waals surface area contributed by atoms with Crippen molar-refractivity contribution in [3.63, 3.8) is 0 Å². The van der Waals surface area contributed by atoms with E-state index in [2.05, 4.69) is 5.32 Å². The molecule has 128 valence electrons. The van der Waals surface area contributed by atoms with E-state index in [1.807, 2.05) is 0 Å². The number of methoxy groups -OCH3 is 1. The Hall–Kier alpha value is -1.75. The van der Waals surface area contributed by atoms with Crippen molar-refractivity contribution >= 4 is 21.4 Å². The summed E-state index contributed by atoms with van der Waals surface area (Å²) in [6.07, 6.45) is 0. The lowest BCUT2D eigenvalue weighted by molar-refractivity contribution is -0.384. The maximum Gasteiger partial charge on any atom is 0.293 e. The Balaban J connectivity index is 2.29. The topological polar surface area (TPSA) is 111 Å². The van der Waals surface area contributed by atoms with Crippen LogP contribution in [-0.4, -0.2) is 64.2 Å². The van der Waals surface area contributed by atoms with E-state index in [4.69, 9.17) is 9.47 Å². The summed E-state index contributed by atoms with van der Waals surface area (Å²) >= 11 is 0. The zero-order valence-corrected chi connectivity index (χ0v) is 13.5. The number of hydrogen-bond acceptors (Lipinski definition) is 7. The quantitative estimate of drug-likeness (QED) is 0.439. The lowest BCUT2D eigenvalue weighted by Crippen LogP contribution is -2.40. The molecule has 0 saturated carbocycles. The van der Waals surface area contributed by atoms with Crippen LogP contribution in [0.3, 0.4) is 0 Å². The monoisotopic (exact) mass is 345 g/mol. The van der Waals surface area contributed by atoms with Crippen molar-refractivity contribution in [2.45, 2.75) is 4.90 Å². The third-order valence-corrected chi connectivity index (χ3v) is 5.29. The largest absolute Gasteiger partial charge is 0.383 e. The fourth-order valence-electron chi connectivity index (χ4n) is 2.20. The van der Waals surface area contributed by atoms with E-state index in [1.54, 1.807) is 0 Å². The van der Waals surface area contributed by atoms with Gasteiger partial charge in [0.2, 0.25) is 10.0 Å². The number of nitro groups is 1. The van der Waals surface area contributed by atoms with Crippen LogP contribution in [0, 0.1) is 10.1 Å². The minimum absolute atomic E-state index is 0.0941. The van der Waals surface area contributed by atoms with Crippen molar-refractivity contribution in [3.05, 3.63) is 28.3 Å². The fourth-order valence-corrected chi connectivity index (χ4v) is 3.62. The molecule has 0 unspecified atom stereocenters. The van der Waals surface area contributed by atoms with Gasteiger partial charge in [0.15, 0.2) is 0 Å². The third-order valence-electron chi connectivity index (χ3n) is 3.40. The number of nitro benzene ring substituents is 1. The van der Waals surface area contributed by atoms with Crippen LogP contribution >= 0.6 is 0 Å². The molecule has 0 amide bonds. The Morgan fingerprint density at radius 1 is 1.39 bits per heavy atom. The van der Waals surface area contributed by atoms with Crippen LogP contribution in [0.4, 0.5) is 11.4 Å². The molecule has 0 spiro atoms. The Kier molecular flexibility index (Phi) is 5.88. The first-order valence-corrected chi connectivity index (χ1v) is 8.50. The van der Waals surface area contributed by atoms with Crippen LogP contribution in [0.5, 0.6) is 0 Å². The van der Waals surface area contributed by atoms with E-state index >= 15 is 0 Å². The summed E-state index contributed by atoms with van der Waals surface area (Å²) in [4.78, 5) is 10.5. The van der Waals surface area contributed by atoms with Gasteiger partial charge in [-0.15, -0.1) is 0 Å². The molecule has 2 rings (SSSR count). The van der Waals surface area contributed by atoms with E-state index in [1.165, 1.54) is 23.5 Å². The molecular formula is C13H19N3O6S. The number of anilines is 1. The van der Waals surface area contributed by atoms with Crippen LogP contribution in [0.25, 0.3) is 0 Å². The van der Waals surface area contributed by atoms with E-state index in [0.29, 0.717) is 26.4 Å². The predicted molar refractivity (Wildman–Crippen MR) is 83.0 cm³/mol. The molecule has 0 atom stereocenters. The molecule has 9 nitrogen and oxygen atoms in total. The number of nitrogens with one attached hydrogen (secondary N) is 1. The molecule has 1 aromatic carbocycles. The van der Waals surface area contributed by atoms with E-state index in [0.717, 1.165) is 6.07 Å². The second-order valence-corrected chi connectivity index (χ2v) is 6.81. The zero-order valence-electron chi connectivity index (χ0n) is 12.7. The molecule has 1 N–H and O–H groups in total. The molecule has 1 aliphatic heterocycles. The number of hydrogen-bond donors (Lipinski definition) is 1. The second kappa shape index (κ2) is 7.68. The van der Waals surface area contributed by atoms with E-state index in [-0.39, 0.29) is 29.4 Å². The van der Waals surface area contributed by atoms with Gasteiger partial charge in [-0.1, -0.05) is 0 Å². The highest BCUT2D eigenvalue weighted by atomic mass is 32.2. The average molecular weight is 345 g/mol. The summed E-state index contributed by atoms with van der Waals surface area (Å²) in [7, 11) is -2.24. The number of morpholine rings is 1. The van der Waals surface area contributed by atoms with Crippen molar-refractivity contribution < 1.29 is 22.8 Å². The first-order chi connectivity index (χ1) is 11.0. The summed E-state index contributed by atoms with van der Waals surface area (Å²) in [5, 5.41) is 14.1. The SMILES string of the molecule is COCCNc1ccc(S(=O)(=O)N2CCOCC2)cc1[N+](=O)[O-]. The van der Waals surface area contributed by atoms with Crippen LogP contribution in [0.2, 0.25) is 0 Å². The minimum Gasteiger partial charge on any atom is -0.383 e. The van der Waals surface area contributed by atoms with Crippen molar-refractivity contribution in [1.82, 2.24) is 4.31 Å². The van der Waals surface area contributed by atoms with Gasteiger partial charge in [0.1, 0.15) is 5.69 Å². The van der Waals surface area contributed by atoms with Crippen LogP contribution in [0.1, 0.15) is 0 Å². The molecule has 0 aromatic heterocycles.